The van der Waals surface area contributed by atoms with E-state index in [1.54, 1.807) is 21.9 Å². The first-order valence-corrected chi connectivity index (χ1v) is 7.56. The number of nitrogens with one attached hydrogen (secondary N) is 1. The molecule has 2 rings (SSSR count). The summed E-state index contributed by atoms with van der Waals surface area (Å²) in [6, 6.07) is -0.114. The van der Waals surface area contributed by atoms with E-state index in [0.717, 1.165) is 5.69 Å². The first-order chi connectivity index (χ1) is 10.9. The van der Waals surface area contributed by atoms with Gasteiger partial charge in [-0.2, -0.15) is 5.10 Å². The summed E-state index contributed by atoms with van der Waals surface area (Å²) < 4.78 is 3.55. The van der Waals surface area contributed by atoms with E-state index < -0.39 is 0 Å². The first kappa shape index (κ1) is 16.9. The van der Waals surface area contributed by atoms with E-state index in [-0.39, 0.29) is 17.7 Å². The van der Waals surface area contributed by atoms with Gasteiger partial charge < -0.3 is 9.88 Å². The van der Waals surface area contributed by atoms with Crippen molar-refractivity contribution in [1.82, 2.24) is 29.9 Å². The molecule has 0 unspecified atom stereocenters. The lowest BCUT2D eigenvalue weighted by Crippen LogP contribution is -2.29. The molecule has 1 atom stereocenters. The summed E-state index contributed by atoms with van der Waals surface area (Å²) in [5.41, 5.74) is 2.15. The molecule has 0 radical (unpaired) electrons. The molecule has 124 valence electrons. The summed E-state index contributed by atoms with van der Waals surface area (Å²) in [6.45, 7) is 8.26. The predicted molar refractivity (Wildman–Crippen MR) is 84.1 cm³/mol. The summed E-state index contributed by atoms with van der Waals surface area (Å²) in [4.78, 5) is 23.7. The van der Waals surface area contributed by atoms with Crippen molar-refractivity contribution in [2.24, 2.45) is 0 Å². The number of nitrogens with zero attached hydrogens (tertiary/aromatic N) is 5. The van der Waals surface area contributed by atoms with Crippen LogP contribution in [0, 0.1) is 13.8 Å². The average molecular weight is 318 g/mol. The Hall–Kier alpha value is -2.51. The molecule has 8 nitrogen and oxygen atoms in total. The quantitative estimate of drug-likeness (QED) is 0.770. The third-order valence-electron chi connectivity index (χ3n) is 3.73. The molecule has 2 heterocycles. The Labute approximate surface area is 134 Å². The van der Waals surface area contributed by atoms with Crippen LogP contribution < -0.4 is 5.32 Å². The lowest BCUT2D eigenvalue weighted by atomic mass is 10.1. The summed E-state index contributed by atoms with van der Waals surface area (Å²) in [7, 11) is 0. The molecule has 0 spiro atoms. The number of rotatable bonds is 7. The van der Waals surface area contributed by atoms with Crippen LogP contribution in [0.3, 0.4) is 0 Å². The molecule has 0 aliphatic heterocycles. The predicted octanol–water partition coefficient (Wildman–Crippen LogP) is 1.06. The van der Waals surface area contributed by atoms with E-state index in [4.69, 9.17) is 0 Å². The molecule has 0 aliphatic carbocycles. The van der Waals surface area contributed by atoms with Gasteiger partial charge in [-0.25, -0.2) is 0 Å². The lowest BCUT2D eigenvalue weighted by molar-refractivity contribution is -0.121. The molecular weight excluding hydrogens is 296 g/mol. The topological polar surface area (TPSA) is 94.7 Å². The molecule has 8 heteroatoms. The lowest BCUT2D eigenvalue weighted by Gasteiger charge is -2.14. The number of hydrogen-bond acceptors (Lipinski definition) is 5. The fraction of sp³-hybridized carbons (Fsp3) is 0.533. The Morgan fingerprint density at radius 3 is 2.48 bits per heavy atom. The van der Waals surface area contributed by atoms with Gasteiger partial charge in [-0.05, 0) is 27.7 Å². The molecule has 1 amide bonds. The van der Waals surface area contributed by atoms with Gasteiger partial charge in [0.15, 0.2) is 5.78 Å². The van der Waals surface area contributed by atoms with Gasteiger partial charge in [-0.15, -0.1) is 10.2 Å². The molecule has 0 saturated heterocycles. The van der Waals surface area contributed by atoms with Crippen LogP contribution in [0.15, 0.2) is 12.7 Å². The highest BCUT2D eigenvalue weighted by molar-refractivity contribution is 5.96. The van der Waals surface area contributed by atoms with Gasteiger partial charge in [-0.3, -0.25) is 14.3 Å². The number of Topliss-reactive ketones (excluding diaryl/α,β-unsaturated/α-hetero) is 1. The normalized spacial score (nSPS) is 12.2. The number of ketones is 1. The average Bonchev–Trinajstić information content (AvgIpc) is 3.06. The fourth-order valence-corrected chi connectivity index (χ4v) is 2.69. The van der Waals surface area contributed by atoms with E-state index in [9.17, 15) is 9.59 Å². The van der Waals surface area contributed by atoms with Crippen molar-refractivity contribution in [3.8, 4) is 0 Å². The Morgan fingerprint density at radius 1 is 1.26 bits per heavy atom. The van der Waals surface area contributed by atoms with Crippen molar-refractivity contribution < 1.29 is 9.59 Å². The highest BCUT2D eigenvalue weighted by Crippen LogP contribution is 2.19. The van der Waals surface area contributed by atoms with Crippen LogP contribution in [0.1, 0.15) is 48.1 Å². The van der Waals surface area contributed by atoms with Gasteiger partial charge in [0.25, 0.3) is 0 Å². The van der Waals surface area contributed by atoms with Gasteiger partial charge in [-0.1, -0.05) is 0 Å². The van der Waals surface area contributed by atoms with E-state index >= 15 is 0 Å². The first-order valence-electron chi connectivity index (χ1n) is 7.56. The van der Waals surface area contributed by atoms with Crippen LogP contribution in [-0.2, 0) is 11.3 Å². The largest absolute Gasteiger partial charge is 0.354 e. The van der Waals surface area contributed by atoms with E-state index in [2.05, 4.69) is 20.6 Å². The molecule has 0 fully saturated rings. The molecule has 1 N–H and O–H groups in total. The van der Waals surface area contributed by atoms with E-state index in [1.165, 1.54) is 6.92 Å². The van der Waals surface area contributed by atoms with Crippen LogP contribution in [-0.4, -0.2) is 42.8 Å². The number of carbonyl (C=O) groups is 2. The molecular formula is C15H22N6O2. The second kappa shape index (κ2) is 7.17. The minimum absolute atomic E-state index is 0.00292. The minimum Gasteiger partial charge on any atom is -0.354 e. The van der Waals surface area contributed by atoms with Crippen LogP contribution in [0.2, 0.25) is 0 Å². The van der Waals surface area contributed by atoms with E-state index in [0.29, 0.717) is 30.8 Å². The highest BCUT2D eigenvalue weighted by atomic mass is 16.1. The standard InChI is InChI=1S/C15H22N6O2/c1-10(21-12(3)15(13(4)22)11(2)19-21)7-14(23)16-5-6-20-8-17-18-9-20/h8-10H,5-7H2,1-4H3,(H,16,23)/t10-/m1/s1. The summed E-state index contributed by atoms with van der Waals surface area (Å²) >= 11 is 0. The monoisotopic (exact) mass is 318 g/mol. The van der Waals surface area contributed by atoms with Crippen molar-refractivity contribution in [2.45, 2.75) is 46.7 Å². The van der Waals surface area contributed by atoms with Gasteiger partial charge >= 0.3 is 0 Å². The molecule has 0 aromatic carbocycles. The Bertz CT molecular complexity index is 689. The van der Waals surface area contributed by atoms with Gasteiger partial charge in [0.1, 0.15) is 12.7 Å². The second-order valence-corrected chi connectivity index (χ2v) is 5.65. The van der Waals surface area contributed by atoms with Crippen molar-refractivity contribution in [1.29, 1.82) is 0 Å². The number of carbonyl (C=O) groups excluding carboxylic acids is 2. The molecule has 23 heavy (non-hydrogen) atoms. The van der Waals surface area contributed by atoms with Gasteiger partial charge in [0.05, 0.1) is 17.3 Å². The van der Waals surface area contributed by atoms with Gasteiger partial charge in [0.2, 0.25) is 5.91 Å². The smallest absolute Gasteiger partial charge is 0.222 e. The number of amides is 1. The van der Waals surface area contributed by atoms with E-state index in [1.807, 2.05) is 20.8 Å². The van der Waals surface area contributed by atoms with Crippen LogP contribution in [0.25, 0.3) is 0 Å². The maximum absolute atomic E-state index is 12.0. The van der Waals surface area contributed by atoms with Crippen molar-refractivity contribution in [3.63, 3.8) is 0 Å². The number of aryl methyl sites for hydroxylation is 1. The van der Waals surface area contributed by atoms with Crippen molar-refractivity contribution in [2.75, 3.05) is 6.54 Å². The summed E-state index contributed by atoms with van der Waals surface area (Å²) in [5, 5.41) is 14.7. The summed E-state index contributed by atoms with van der Waals surface area (Å²) in [5.74, 6) is -0.0562. The molecule has 2 aromatic rings. The Morgan fingerprint density at radius 2 is 1.91 bits per heavy atom. The molecule has 0 aliphatic rings. The number of aromatic nitrogens is 5. The van der Waals surface area contributed by atoms with Gasteiger partial charge in [0, 0.05) is 25.2 Å². The zero-order valence-corrected chi connectivity index (χ0v) is 13.9. The maximum atomic E-state index is 12.0. The third-order valence-corrected chi connectivity index (χ3v) is 3.73. The number of hydrogen-bond donors (Lipinski definition) is 1. The third kappa shape index (κ3) is 4.02. The van der Waals surface area contributed by atoms with Crippen molar-refractivity contribution >= 4 is 11.7 Å². The SMILES string of the molecule is CC(=O)c1c(C)nn([C@H](C)CC(=O)NCCn2cnnc2)c1C. The Balaban J connectivity index is 1.91. The van der Waals surface area contributed by atoms with Crippen LogP contribution in [0.5, 0.6) is 0 Å². The zero-order valence-electron chi connectivity index (χ0n) is 13.9. The molecule has 0 saturated carbocycles. The highest BCUT2D eigenvalue weighted by Gasteiger charge is 2.20. The summed E-state index contributed by atoms with van der Waals surface area (Å²) in [6.07, 6.45) is 3.52. The van der Waals surface area contributed by atoms with Crippen LogP contribution >= 0.6 is 0 Å². The molecule has 2 aromatic heterocycles. The second-order valence-electron chi connectivity index (χ2n) is 5.65. The Kier molecular flexibility index (Phi) is 5.25. The maximum Gasteiger partial charge on any atom is 0.222 e. The minimum atomic E-state index is -0.114. The van der Waals surface area contributed by atoms with Crippen molar-refractivity contribution in [3.05, 3.63) is 29.6 Å². The zero-order chi connectivity index (χ0) is 17.0. The fourth-order valence-electron chi connectivity index (χ4n) is 2.69. The molecule has 0 bridgehead atoms. The van der Waals surface area contributed by atoms with Crippen LogP contribution in [0.4, 0.5) is 0 Å².